The minimum absolute atomic E-state index is 0.106. The van der Waals surface area contributed by atoms with Crippen molar-refractivity contribution in [2.45, 2.75) is 65.0 Å². The SMILES string of the molecule is Cc1cc(C)c(CN(Cc2ccccc2C)C(C)[C@H](c2ccccc2)[C@@H](Cl)C(=O)O)c(C)c1. The number of carbonyl (C=O) groups is 1. The van der Waals surface area contributed by atoms with Gasteiger partial charge in [0.25, 0.3) is 0 Å². The fourth-order valence-corrected chi connectivity index (χ4v) is 5.12. The van der Waals surface area contributed by atoms with Gasteiger partial charge in [-0.15, -0.1) is 11.6 Å². The van der Waals surface area contributed by atoms with Gasteiger partial charge in [-0.05, 0) is 68.0 Å². The molecule has 0 radical (unpaired) electrons. The molecule has 3 atom stereocenters. The number of halogens is 1. The molecule has 0 heterocycles. The van der Waals surface area contributed by atoms with E-state index in [4.69, 9.17) is 11.6 Å². The van der Waals surface area contributed by atoms with Crippen LogP contribution in [0, 0.1) is 27.7 Å². The molecule has 0 amide bonds. The Hall–Kier alpha value is -2.62. The van der Waals surface area contributed by atoms with Crippen molar-refractivity contribution in [2.75, 3.05) is 0 Å². The number of alkyl halides is 1. The fraction of sp³-hybridized carbons (Fsp3) is 0.345. The third-order valence-electron chi connectivity index (χ3n) is 6.67. The van der Waals surface area contributed by atoms with Crippen LogP contribution in [0.25, 0.3) is 0 Å². The quantitative estimate of drug-likeness (QED) is 0.355. The van der Waals surface area contributed by atoms with Crippen LogP contribution < -0.4 is 0 Å². The van der Waals surface area contributed by atoms with Crippen LogP contribution in [0.1, 0.15) is 51.8 Å². The molecule has 3 rings (SSSR count). The van der Waals surface area contributed by atoms with Crippen LogP contribution in [0.2, 0.25) is 0 Å². The molecule has 0 aliphatic rings. The van der Waals surface area contributed by atoms with E-state index in [0.29, 0.717) is 6.54 Å². The van der Waals surface area contributed by atoms with E-state index >= 15 is 0 Å². The zero-order valence-corrected chi connectivity index (χ0v) is 20.9. The number of hydrogen-bond acceptors (Lipinski definition) is 2. The summed E-state index contributed by atoms with van der Waals surface area (Å²) in [6.45, 7) is 12.1. The first-order valence-corrected chi connectivity index (χ1v) is 11.9. The third kappa shape index (κ3) is 6.04. The molecule has 0 aromatic heterocycles. The molecule has 33 heavy (non-hydrogen) atoms. The summed E-state index contributed by atoms with van der Waals surface area (Å²) in [5.74, 6) is -1.35. The number of nitrogens with zero attached hydrogens (tertiary/aromatic N) is 1. The average Bonchev–Trinajstić information content (AvgIpc) is 2.77. The van der Waals surface area contributed by atoms with Crippen LogP contribution in [-0.2, 0) is 17.9 Å². The second-order valence-electron chi connectivity index (χ2n) is 9.13. The molecular formula is C29H34ClNO2. The molecule has 0 aliphatic heterocycles. The average molecular weight is 464 g/mol. The van der Waals surface area contributed by atoms with Crippen LogP contribution in [-0.4, -0.2) is 27.4 Å². The van der Waals surface area contributed by atoms with Crippen molar-refractivity contribution in [1.29, 1.82) is 0 Å². The molecule has 0 spiro atoms. The Kier molecular flexibility index (Phi) is 8.34. The lowest BCUT2D eigenvalue weighted by molar-refractivity contribution is -0.137. The molecule has 3 nitrogen and oxygen atoms in total. The zero-order chi connectivity index (χ0) is 24.1. The van der Waals surface area contributed by atoms with E-state index in [1.165, 1.54) is 33.4 Å². The second-order valence-corrected chi connectivity index (χ2v) is 9.60. The topological polar surface area (TPSA) is 40.5 Å². The number of aliphatic carboxylic acids is 1. The summed E-state index contributed by atoms with van der Waals surface area (Å²) in [6, 6.07) is 22.5. The van der Waals surface area contributed by atoms with E-state index in [1.807, 2.05) is 36.4 Å². The summed E-state index contributed by atoms with van der Waals surface area (Å²) >= 11 is 6.55. The fourth-order valence-electron chi connectivity index (χ4n) is 4.76. The molecule has 0 saturated heterocycles. The summed E-state index contributed by atoms with van der Waals surface area (Å²) in [6.07, 6.45) is 0. The minimum Gasteiger partial charge on any atom is -0.480 e. The molecule has 4 heteroatoms. The zero-order valence-electron chi connectivity index (χ0n) is 20.2. The van der Waals surface area contributed by atoms with Gasteiger partial charge < -0.3 is 5.11 Å². The van der Waals surface area contributed by atoms with Gasteiger partial charge in [0.2, 0.25) is 0 Å². The Bertz CT molecular complexity index is 1070. The molecule has 0 fully saturated rings. The highest BCUT2D eigenvalue weighted by Crippen LogP contribution is 2.33. The highest BCUT2D eigenvalue weighted by molar-refractivity contribution is 6.30. The summed E-state index contributed by atoms with van der Waals surface area (Å²) in [5.41, 5.74) is 8.46. The van der Waals surface area contributed by atoms with Gasteiger partial charge in [0.1, 0.15) is 5.38 Å². The van der Waals surface area contributed by atoms with Gasteiger partial charge in [-0.1, -0.05) is 72.3 Å². The van der Waals surface area contributed by atoms with E-state index in [2.05, 4.69) is 69.9 Å². The lowest BCUT2D eigenvalue weighted by atomic mass is 9.87. The first-order chi connectivity index (χ1) is 15.7. The van der Waals surface area contributed by atoms with Gasteiger partial charge in [-0.3, -0.25) is 9.69 Å². The summed E-state index contributed by atoms with van der Waals surface area (Å²) in [7, 11) is 0. The highest BCUT2D eigenvalue weighted by atomic mass is 35.5. The van der Waals surface area contributed by atoms with Crippen molar-refractivity contribution in [1.82, 2.24) is 4.90 Å². The Labute approximate surface area is 203 Å². The number of rotatable bonds is 9. The summed E-state index contributed by atoms with van der Waals surface area (Å²) < 4.78 is 0. The molecule has 0 aliphatic carbocycles. The molecular weight excluding hydrogens is 430 g/mol. The molecule has 0 saturated carbocycles. The number of aryl methyl sites for hydroxylation is 4. The number of benzene rings is 3. The third-order valence-corrected chi connectivity index (χ3v) is 7.13. The number of hydrogen-bond donors (Lipinski definition) is 1. The van der Waals surface area contributed by atoms with Crippen molar-refractivity contribution in [3.05, 3.63) is 106 Å². The van der Waals surface area contributed by atoms with Crippen molar-refractivity contribution >= 4 is 17.6 Å². The van der Waals surface area contributed by atoms with Gasteiger partial charge >= 0.3 is 5.97 Å². The normalized spacial score (nSPS) is 14.2. The van der Waals surface area contributed by atoms with Gasteiger partial charge in [-0.25, -0.2) is 0 Å². The van der Waals surface area contributed by atoms with E-state index in [1.54, 1.807) is 0 Å². The van der Waals surface area contributed by atoms with Crippen molar-refractivity contribution in [2.24, 2.45) is 0 Å². The van der Waals surface area contributed by atoms with E-state index in [-0.39, 0.29) is 12.0 Å². The Morgan fingerprint density at radius 2 is 1.45 bits per heavy atom. The lowest BCUT2D eigenvalue weighted by Gasteiger charge is -2.37. The van der Waals surface area contributed by atoms with E-state index in [0.717, 1.165) is 12.1 Å². The number of carboxylic acid groups (broad SMARTS) is 1. The maximum Gasteiger partial charge on any atom is 0.322 e. The van der Waals surface area contributed by atoms with Gasteiger partial charge in [-0.2, -0.15) is 0 Å². The lowest BCUT2D eigenvalue weighted by Crippen LogP contribution is -2.42. The molecule has 3 aromatic carbocycles. The van der Waals surface area contributed by atoms with Crippen LogP contribution >= 0.6 is 11.6 Å². The largest absolute Gasteiger partial charge is 0.480 e. The van der Waals surface area contributed by atoms with Gasteiger partial charge in [0.05, 0.1) is 0 Å². The van der Waals surface area contributed by atoms with Crippen molar-refractivity contribution in [3.63, 3.8) is 0 Å². The molecule has 1 N–H and O–H groups in total. The first kappa shape index (κ1) is 25.0. The predicted octanol–water partition coefficient (Wildman–Crippen LogP) is 6.79. The van der Waals surface area contributed by atoms with Crippen LogP contribution in [0.5, 0.6) is 0 Å². The molecule has 1 unspecified atom stereocenters. The predicted molar refractivity (Wildman–Crippen MR) is 137 cm³/mol. The Morgan fingerprint density at radius 3 is 2.03 bits per heavy atom. The molecule has 3 aromatic rings. The van der Waals surface area contributed by atoms with Gasteiger partial charge in [0.15, 0.2) is 0 Å². The maximum atomic E-state index is 12.0. The van der Waals surface area contributed by atoms with E-state index in [9.17, 15) is 9.90 Å². The van der Waals surface area contributed by atoms with Crippen LogP contribution in [0.3, 0.4) is 0 Å². The second kappa shape index (κ2) is 11.0. The van der Waals surface area contributed by atoms with Crippen LogP contribution in [0.15, 0.2) is 66.7 Å². The standard InChI is InChI=1S/C29H34ClNO2/c1-19-15-21(3)26(22(4)16-19)18-31(17-25-14-10-9-11-20(25)2)23(5)27(28(30)29(32)33)24-12-7-6-8-13-24/h6-16,23,27-28H,17-18H2,1-5H3,(H,32,33)/t23?,27-,28-/m1/s1. The molecule has 0 bridgehead atoms. The molecule has 174 valence electrons. The minimum atomic E-state index is -1.03. The van der Waals surface area contributed by atoms with Gasteiger partial charge in [0, 0.05) is 25.0 Å². The highest BCUT2D eigenvalue weighted by Gasteiger charge is 2.35. The Balaban J connectivity index is 2.06. The Morgan fingerprint density at radius 1 is 0.879 bits per heavy atom. The first-order valence-electron chi connectivity index (χ1n) is 11.5. The van der Waals surface area contributed by atoms with Crippen molar-refractivity contribution < 1.29 is 9.90 Å². The van der Waals surface area contributed by atoms with E-state index < -0.39 is 11.3 Å². The summed E-state index contributed by atoms with van der Waals surface area (Å²) in [5, 5.41) is 8.81. The van der Waals surface area contributed by atoms with Crippen LogP contribution in [0.4, 0.5) is 0 Å². The number of carboxylic acids is 1. The summed E-state index contributed by atoms with van der Waals surface area (Å²) in [4.78, 5) is 14.4. The smallest absolute Gasteiger partial charge is 0.322 e. The maximum absolute atomic E-state index is 12.0. The monoisotopic (exact) mass is 463 g/mol. The van der Waals surface area contributed by atoms with Crippen molar-refractivity contribution in [3.8, 4) is 0 Å².